The quantitative estimate of drug-likeness (QED) is 0.921. The largest absolute Gasteiger partial charge is 0.321 e. The van der Waals surface area contributed by atoms with Gasteiger partial charge in [-0.2, -0.15) is 0 Å². The van der Waals surface area contributed by atoms with Gasteiger partial charge in [-0.05, 0) is 23.6 Å². The Balaban J connectivity index is 2.24. The van der Waals surface area contributed by atoms with Gasteiger partial charge in [-0.1, -0.05) is 37.6 Å². The molecule has 0 aliphatic heterocycles. The summed E-state index contributed by atoms with van der Waals surface area (Å²) in [5, 5.41) is 0.720. The van der Waals surface area contributed by atoms with Crippen LogP contribution in [0.3, 0.4) is 0 Å². The molecule has 0 spiro atoms. The summed E-state index contributed by atoms with van der Waals surface area (Å²) in [4.78, 5) is 8.66. The number of hydrogen-bond donors (Lipinski definition) is 1. The third-order valence-electron chi connectivity index (χ3n) is 2.87. The summed E-state index contributed by atoms with van der Waals surface area (Å²) in [6.45, 7) is 4.11. The van der Waals surface area contributed by atoms with Crippen molar-refractivity contribution < 1.29 is 0 Å². The lowest BCUT2D eigenvalue weighted by atomic mass is 10.0. The summed E-state index contributed by atoms with van der Waals surface area (Å²) < 4.78 is 0. The molecule has 0 radical (unpaired) electrons. The SMILES string of the molecule is CC(C)C(N)c1ncc(-c2ccc(Cl)cc2)cn1. The van der Waals surface area contributed by atoms with Gasteiger partial charge in [-0.25, -0.2) is 9.97 Å². The van der Waals surface area contributed by atoms with Gasteiger partial charge < -0.3 is 5.73 Å². The highest BCUT2D eigenvalue weighted by Gasteiger charge is 2.13. The van der Waals surface area contributed by atoms with E-state index in [0.717, 1.165) is 16.1 Å². The first-order chi connectivity index (χ1) is 8.58. The molecule has 0 aliphatic carbocycles. The van der Waals surface area contributed by atoms with Crippen molar-refractivity contribution in [3.8, 4) is 11.1 Å². The number of benzene rings is 1. The highest BCUT2D eigenvalue weighted by atomic mass is 35.5. The summed E-state index contributed by atoms with van der Waals surface area (Å²) in [6.07, 6.45) is 3.60. The van der Waals surface area contributed by atoms with E-state index in [1.54, 1.807) is 12.4 Å². The van der Waals surface area contributed by atoms with Crippen LogP contribution in [0.5, 0.6) is 0 Å². The molecule has 4 heteroatoms. The zero-order valence-corrected chi connectivity index (χ0v) is 11.2. The average molecular weight is 262 g/mol. The molecule has 2 aromatic rings. The Labute approximate surface area is 112 Å². The van der Waals surface area contributed by atoms with Gasteiger partial charge in [0.1, 0.15) is 5.82 Å². The summed E-state index contributed by atoms with van der Waals surface area (Å²) in [5.41, 5.74) is 8.01. The van der Waals surface area contributed by atoms with Crippen LogP contribution in [-0.4, -0.2) is 9.97 Å². The summed E-state index contributed by atoms with van der Waals surface area (Å²) >= 11 is 5.85. The van der Waals surface area contributed by atoms with Crippen LogP contribution in [0.4, 0.5) is 0 Å². The van der Waals surface area contributed by atoms with Crippen LogP contribution < -0.4 is 5.73 Å². The van der Waals surface area contributed by atoms with Crippen LogP contribution in [-0.2, 0) is 0 Å². The molecule has 0 aliphatic rings. The molecular weight excluding hydrogens is 246 g/mol. The molecule has 2 rings (SSSR count). The number of halogens is 1. The smallest absolute Gasteiger partial charge is 0.145 e. The lowest BCUT2D eigenvalue weighted by molar-refractivity contribution is 0.490. The normalized spacial score (nSPS) is 12.7. The second-order valence-corrected chi connectivity index (χ2v) is 5.04. The van der Waals surface area contributed by atoms with Crippen LogP contribution in [0, 0.1) is 5.92 Å². The van der Waals surface area contributed by atoms with Crippen molar-refractivity contribution in [2.24, 2.45) is 11.7 Å². The van der Waals surface area contributed by atoms with Crippen LogP contribution in [0.1, 0.15) is 25.7 Å². The third kappa shape index (κ3) is 2.86. The predicted molar refractivity (Wildman–Crippen MR) is 74.2 cm³/mol. The first kappa shape index (κ1) is 13.0. The zero-order chi connectivity index (χ0) is 13.1. The topological polar surface area (TPSA) is 51.8 Å². The monoisotopic (exact) mass is 261 g/mol. The lowest BCUT2D eigenvalue weighted by Gasteiger charge is -2.13. The van der Waals surface area contributed by atoms with Crippen molar-refractivity contribution in [3.63, 3.8) is 0 Å². The number of nitrogens with two attached hydrogens (primary N) is 1. The summed E-state index contributed by atoms with van der Waals surface area (Å²) in [7, 11) is 0. The van der Waals surface area contributed by atoms with Gasteiger partial charge in [0.05, 0.1) is 6.04 Å². The fraction of sp³-hybridized carbons (Fsp3) is 0.286. The van der Waals surface area contributed by atoms with Crippen LogP contribution in [0.2, 0.25) is 5.02 Å². The molecular formula is C14H16ClN3. The zero-order valence-electron chi connectivity index (χ0n) is 10.5. The molecule has 1 heterocycles. The predicted octanol–water partition coefficient (Wildman–Crippen LogP) is 3.45. The minimum Gasteiger partial charge on any atom is -0.321 e. The molecule has 1 aromatic heterocycles. The van der Waals surface area contributed by atoms with Crippen LogP contribution >= 0.6 is 11.6 Å². The van der Waals surface area contributed by atoms with Gasteiger partial charge >= 0.3 is 0 Å². The number of nitrogens with zero attached hydrogens (tertiary/aromatic N) is 2. The Morgan fingerprint density at radius 2 is 1.56 bits per heavy atom. The van der Waals surface area contributed by atoms with Crippen molar-refractivity contribution in [1.29, 1.82) is 0 Å². The molecule has 3 nitrogen and oxygen atoms in total. The molecule has 1 atom stereocenters. The van der Waals surface area contributed by atoms with Crippen LogP contribution in [0.15, 0.2) is 36.7 Å². The first-order valence-corrected chi connectivity index (χ1v) is 6.29. The Morgan fingerprint density at radius 1 is 1.00 bits per heavy atom. The highest BCUT2D eigenvalue weighted by Crippen LogP contribution is 2.21. The first-order valence-electron chi connectivity index (χ1n) is 5.91. The maximum atomic E-state index is 6.00. The molecule has 0 amide bonds. The van der Waals surface area contributed by atoms with E-state index in [4.69, 9.17) is 17.3 Å². The molecule has 1 unspecified atom stereocenters. The number of aromatic nitrogens is 2. The van der Waals surface area contributed by atoms with E-state index in [1.165, 1.54) is 0 Å². The van der Waals surface area contributed by atoms with Crippen molar-refractivity contribution in [3.05, 3.63) is 47.5 Å². The Bertz CT molecular complexity index is 506. The second-order valence-electron chi connectivity index (χ2n) is 4.61. The molecule has 0 bridgehead atoms. The van der Waals surface area contributed by atoms with Crippen molar-refractivity contribution in [2.75, 3.05) is 0 Å². The molecule has 2 N–H and O–H groups in total. The maximum absolute atomic E-state index is 6.00. The molecule has 0 saturated carbocycles. The van der Waals surface area contributed by atoms with E-state index in [9.17, 15) is 0 Å². The van der Waals surface area contributed by atoms with E-state index in [0.29, 0.717) is 11.7 Å². The van der Waals surface area contributed by atoms with E-state index in [1.807, 2.05) is 24.3 Å². The average Bonchev–Trinajstić information content (AvgIpc) is 2.39. The van der Waals surface area contributed by atoms with Gasteiger partial charge in [-0.3, -0.25) is 0 Å². The summed E-state index contributed by atoms with van der Waals surface area (Å²) in [6, 6.07) is 7.48. The molecule has 0 saturated heterocycles. The van der Waals surface area contributed by atoms with Gasteiger partial charge in [-0.15, -0.1) is 0 Å². The third-order valence-corrected chi connectivity index (χ3v) is 3.12. The summed E-state index contributed by atoms with van der Waals surface area (Å²) in [5.74, 6) is 1.01. The fourth-order valence-electron chi connectivity index (χ4n) is 1.60. The standard InChI is InChI=1S/C14H16ClN3/c1-9(2)13(16)14-17-7-11(8-18-14)10-3-5-12(15)6-4-10/h3-9,13H,16H2,1-2H3. The Kier molecular flexibility index (Phi) is 3.94. The van der Waals surface area contributed by atoms with Gasteiger partial charge in [0.25, 0.3) is 0 Å². The van der Waals surface area contributed by atoms with E-state index in [2.05, 4.69) is 23.8 Å². The highest BCUT2D eigenvalue weighted by molar-refractivity contribution is 6.30. The van der Waals surface area contributed by atoms with E-state index in [-0.39, 0.29) is 6.04 Å². The second kappa shape index (κ2) is 5.46. The molecule has 94 valence electrons. The lowest BCUT2D eigenvalue weighted by Crippen LogP contribution is -2.19. The minimum atomic E-state index is -0.121. The molecule has 1 aromatic carbocycles. The minimum absolute atomic E-state index is 0.121. The Hall–Kier alpha value is -1.45. The van der Waals surface area contributed by atoms with Crippen LogP contribution in [0.25, 0.3) is 11.1 Å². The van der Waals surface area contributed by atoms with Gasteiger partial charge in [0, 0.05) is 23.0 Å². The van der Waals surface area contributed by atoms with Crippen molar-refractivity contribution >= 4 is 11.6 Å². The van der Waals surface area contributed by atoms with Gasteiger partial charge in [0.2, 0.25) is 0 Å². The maximum Gasteiger partial charge on any atom is 0.145 e. The van der Waals surface area contributed by atoms with Crippen molar-refractivity contribution in [1.82, 2.24) is 9.97 Å². The number of hydrogen-bond acceptors (Lipinski definition) is 3. The van der Waals surface area contributed by atoms with E-state index >= 15 is 0 Å². The number of rotatable bonds is 3. The Morgan fingerprint density at radius 3 is 2.06 bits per heavy atom. The van der Waals surface area contributed by atoms with E-state index < -0.39 is 0 Å². The fourth-order valence-corrected chi connectivity index (χ4v) is 1.73. The molecule has 18 heavy (non-hydrogen) atoms. The molecule has 0 fully saturated rings. The van der Waals surface area contributed by atoms with Crippen molar-refractivity contribution in [2.45, 2.75) is 19.9 Å². The van der Waals surface area contributed by atoms with Gasteiger partial charge in [0.15, 0.2) is 0 Å².